The van der Waals surface area contributed by atoms with E-state index in [-0.39, 0.29) is 17.4 Å². The number of methoxy groups -OCH3 is 1. The smallest absolute Gasteiger partial charge is 0.293 e. The molecule has 1 aliphatic rings. The number of likely N-dealkylation sites (tertiary alicyclic amines) is 1. The van der Waals surface area contributed by atoms with Crippen LogP contribution in [-0.4, -0.2) is 33.5 Å². The number of hydrogen-bond donors (Lipinski definition) is 1. The lowest BCUT2D eigenvalue weighted by atomic mass is 10.2. The van der Waals surface area contributed by atoms with Crippen molar-refractivity contribution in [3.8, 4) is 5.75 Å². The van der Waals surface area contributed by atoms with Crippen LogP contribution >= 0.6 is 11.3 Å². The second-order valence-corrected chi connectivity index (χ2v) is 6.32. The normalized spacial score (nSPS) is 18.7. The van der Waals surface area contributed by atoms with Gasteiger partial charge in [0.1, 0.15) is 5.82 Å². The van der Waals surface area contributed by atoms with Crippen LogP contribution in [0.2, 0.25) is 0 Å². The van der Waals surface area contributed by atoms with Crippen molar-refractivity contribution in [1.82, 2.24) is 19.9 Å². The molecule has 0 bridgehead atoms. The summed E-state index contributed by atoms with van der Waals surface area (Å²) in [5.41, 5.74) is 0.880. The predicted molar refractivity (Wildman–Crippen MR) is 85.3 cm³/mol. The Morgan fingerprint density at radius 2 is 2.41 bits per heavy atom. The zero-order valence-electron chi connectivity index (χ0n) is 12.8. The fourth-order valence-corrected chi connectivity index (χ4v) is 3.56. The van der Waals surface area contributed by atoms with Gasteiger partial charge in [0.25, 0.3) is 5.56 Å². The van der Waals surface area contributed by atoms with Gasteiger partial charge in [-0.1, -0.05) is 6.92 Å². The largest absolute Gasteiger partial charge is 0.490 e. The molecule has 1 atom stereocenters. The van der Waals surface area contributed by atoms with Crippen LogP contribution in [0.25, 0.3) is 0 Å². The van der Waals surface area contributed by atoms with Crippen molar-refractivity contribution in [3.63, 3.8) is 0 Å². The molecule has 22 heavy (non-hydrogen) atoms. The molecule has 6 nitrogen and oxygen atoms in total. The summed E-state index contributed by atoms with van der Waals surface area (Å²) >= 11 is 1.71. The highest BCUT2D eigenvalue weighted by Crippen LogP contribution is 2.31. The lowest BCUT2D eigenvalue weighted by molar-refractivity contribution is 0.236. The number of rotatable bonds is 5. The van der Waals surface area contributed by atoms with E-state index in [0.717, 1.165) is 38.0 Å². The molecule has 1 unspecified atom stereocenters. The number of aromatic amines is 1. The Morgan fingerprint density at radius 3 is 3.09 bits per heavy atom. The third-order valence-corrected chi connectivity index (χ3v) is 4.99. The molecule has 3 rings (SSSR count). The summed E-state index contributed by atoms with van der Waals surface area (Å²) in [5, 5.41) is 3.29. The Kier molecular flexibility index (Phi) is 4.54. The molecule has 118 valence electrons. The van der Waals surface area contributed by atoms with Crippen molar-refractivity contribution in [2.45, 2.75) is 38.8 Å². The van der Waals surface area contributed by atoms with E-state index in [1.54, 1.807) is 11.3 Å². The number of nitrogens with one attached hydrogen (secondary N) is 1. The second-order valence-electron chi connectivity index (χ2n) is 5.38. The van der Waals surface area contributed by atoms with Gasteiger partial charge in [-0.3, -0.25) is 9.69 Å². The van der Waals surface area contributed by atoms with Crippen LogP contribution in [0, 0.1) is 0 Å². The fourth-order valence-electron chi connectivity index (χ4n) is 2.83. The first-order chi connectivity index (χ1) is 10.7. The van der Waals surface area contributed by atoms with E-state index in [4.69, 9.17) is 4.74 Å². The summed E-state index contributed by atoms with van der Waals surface area (Å²) in [6, 6.07) is 0.144. The molecule has 0 saturated carbocycles. The van der Waals surface area contributed by atoms with E-state index in [0.29, 0.717) is 5.82 Å². The van der Waals surface area contributed by atoms with Crippen LogP contribution in [0.1, 0.15) is 42.3 Å². The first-order valence-corrected chi connectivity index (χ1v) is 8.39. The van der Waals surface area contributed by atoms with Crippen molar-refractivity contribution in [3.05, 3.63) is 38.5 Å². The predicted octanol–water partition coefficient (Wildman–Crippen LogP) is 2.13. The minimum absolute atomic E-state index is 0.144. The maximum Gasteiger partial charge on any atom is 0.293 e. The van der Waals surface area contributed by atoms with Crippen molar-refractivity contribution >= 4 is 11.3 Å². The lowest BCUT2D eigenvalue weighted by Gasteiger charge is -2.22. The lowest BCUT2D eigenvalue weighted by Crippen LogP contribution is -2.26. The zero-order chi connectivity index (χ0) is 15.5. The van der Waals surface area contributed by atoms with E-state index < -0.39 is 0 Å². The molecular formula is C15H20N4O2S. The summed E-state index contributed by atoms with van der Waals surface area (Å²) in [5.74, 6) is 0.967. The van der Waals surface area contributed by atoms with E-state index in [2.05, 4.69) is 32.2 Å². The third-order valence-electron chi connectivity index (χ3n) is 3.95. The number of thiazole rings is 1. The molecule has 7 heteroatoms. The summed E-state index contributed by atoms with van der Waals surface area (Å²) in [6.07, 6.45) is 4.58. The van der Waals surface area contributed by atoms with Crippen molar-refractivity contribution in [2.24, 2.45) is 0 Å². The fraction of sp³-hybridized carbons (Fsp3) is 0.533. The quantitative estimate of drug-likeness (QED) is 0.914. The maximum absolute atomic E-state index is 11.9. The molecule has 1 aliphatic heterocycles. The molecular weight excluding hydrogens is 300 g/mol. The number of nitrogens with zero attached hydrogens (tertiary/aromatic N) is 3. The molecule has 1 N–H and O–H groups in total. The van der Waals surface area contributed by atoms with Gasteiger partial charge in [-0.05, 0) is 25.8 Å². The van der Waals surface area contributed by atoms with Crippen molar-refractivity contribution < 1.29 is 4.74 Å². The summed E-state index contributed by atoms with van der Waals surface area (Å²) < 4.78 is 4.97. The van der Waals surface area contributed by atoms with Gasteiger partial charge in [0.05, 0.1) is 30.1 Å². The number of ether oxygens (including phenoxy) is 1. The van der Waals surface area contributed by atoms with Gasteiger partial charge in [0.15, 0.2) is 0 Å². The van der Waals surface area contributed by atoms with Crippen LogP contribution in [-0.2, 0) is 13.0 Å². The van der Waals surface area contributed by atoms with E-state index in [1.807, 2.05) is 0 Å². The van der Waals surface area contributed by atoms with Gasteiger partial charge in [0.2, 0.25) is 5.75 Å². The van der Waals surface area contributed by atoms with E-state index >= 15 is 0 Å². The average Bonchev–Trinajstić information content (AvgIpc) is 3.17. The second kappa shape index (κ2) is 6.58. The van der Waals surface area contributed by atoms with Gasteiger partial charge >= 0.3 is 0 Å². The molecule has 2 aromatic heterocycles. The van der Waals surface area contributed by atoms with Crippen LogP contribution < -0.4 is 10.3 Å². The number of H-pyrrole nitrogens is 1. The highest BCUT2D eigenvalue weighted by atomic mass is 32.1. The topological polar surface area (TPSA) is 71.1 Å². The standard InChI is InChI=1S/C15H20N4O2S/c1-3-13-17-10(9-22-13)8-19-6-4-5-11(19)14-16-7-12(21-2)15(20)18-14/h7,9,11H,3-6,8H2,1-2H3,(H,16,18,20). The highest BCUT2D eigenvalue weighted by Gasteiger charge is 2.28. The van der Waals surface area contributed by atoms with Crippen LogP contribution in [0.15, 0.2) is 16.4 Å². The van der Waals surface area contributed by atoms with E-state index in [9.17, 15) is 4.79 Å². The average molecular weight is 320 g/mol. The highest BCUT2D eigenvalue weighted by molar-refractivity contribution is 7.09. The number of hydrogen-bond acceptors (Lipinski definition) is 6. The maximum atomic E-state index is 11.9. The first kappa shape index (κ1) is 15.2. The molecule has 0 amide bonds. The van der Waals surface area contributed by atoms with Gasteiger partial charge < -0.3 is 9.72 Å². The molecule has 3 heterocycles. The minimum atomic E-state index is -0.221. The monoisotopic (exact) mass is 320 g/mol. The Balaban J connectivity index is 1.77. The van der Waals surface area contributed by atoms with Crippen molar-refractivity contribution in [2.75, 3.05) is 13.7 Å². The molecule has 0 radical (unpaired) electrons. The summed E-state index contributed by atoms with van der Waals surface area (Å²) in [6.45, 7) is 3.92. The molecule has 0 aliphatic carbocycles. The Bertz CT molecular complexity index is 697. The van der Waals surface area contributed by atoms with Crippen LogP contribution in [0.3, 0.4) is 0 Å². The Labute approximate surface area is 133 Å². The molecule has 1 saturated heterocycles. The van der Waals surface area contributed by atoms with Gasteiger partial charge in [-0.2, -0.15) is 0 Å². The van der Waals surface area contributed by atoms with Crippen molar-refractivity contribution in [1.29, 1.82) is 0 Å². The summed E-state index contributed by atoms with van der Waals surface area (Å²) in [7, 11) is 1.47. The van der Waals surface area contributed by atoms with Gasteiger partial charge in [0, 0.05) is 11.9 Å². The number of aromatic nitrogens is 3. The zero-order valence-corrected chi connectivity index (χ0v) is 13.7. The SMILES string of the molecule is CCc1nc(CN2CCCC2c2ncc(OC)c(=O)[nH]2)cs1. The Morgan fingerprint density at radius 1 is 1.55 bits per heavy atom. The van der Waals surface area contributed by atoms with Crippen LogP contribution in [0.4, 0.5) is 0 Å². The molecule has 2 aromatic rings. The molecule has 1 fully saturated rings. The third kappa shape index (κ3) is 3.05. The molecule has 0 aromatic carbocycles. The minimum Gasteiger partial charge on any atom is -0.490 e. The van der Waals surface area contributed by atoms with Crippen LogP contribution in [0.5, 0.6) is 5.75 Å². The molecule has 0 spiro atoms. The summed E-state index contributed by atoms with van der Waals surface area (Å²) in [4.78, 5) is 26.1. The number of aryl methyl sites for hydroxylation is 1. The first-order valence-electron chi connectivity index (χ1n) is 7.51. The van der Waals surface area contributed by atoms with Gasteiger partial charge in [-0.25, -0.2) is 9.97 Å². The van der Waals surface area contributed by atoms with E-state index in [1.165, 1.54) is 18.3 Å². The van der Waals surface area contributed by atoms with Gasteiger partial charge in [-0.15, -0.1) is 11.3 Å². The Hall–Kier alpha value is -1.73.